The van der Waals surface area contributed by atoms with E-state index >= 15 is 0 Å². The molecule has 2 fully saturated rings. The Morgan fingerprint density at radius 2 is 2.00 bits per heavy atom. The Labute approximate surface area is 60.6 Å². The number of alkyl halides is 1. The smallest absolute Gasteiger partial charge is 0.129 e. The summed E-state index contributed by atoms with van der Waals surface area (Å²) in [5.74, 6) is 0.861. The first-order valence-electron chi connectivity index (χ1n) is 4.00. The fourth-order valence-corrected chi connectivity index (χ4v) is 2.49. The van der Waals surface area contributed by atoms with E-state index in [1.54, 1.807) is 7.11 Å². The van der Waals surface area contributed by atoms with Crippen molar-refractivity contribution in [1.82, 2.24) is 0 Å². The molecule has 0 amide bonds. The highest BCUT2D eigenvalue weighted by molar-refractivity contribution is 4.97. The average Bonchev–Trinajstić information content (AvgIpc) is 2.46. The molecule has 1 nitrogen and oxygen atoms in total. The lowest BCUT2D eigenvalue weighted by Crippen LogP contribution is -2.30. The average molecular weight is 144 g/mol. The number of halogens is 1. The van der Waals surface area contributed by atoms with Gasteiger partial charge in [0.25, 0.3) is 0 Å². The van der Waals surface area contributed by atoms with Crippen LogP contribution in [0.15, 0.2) is 0 Å². The molecule has 0 aromatic heterocycles. The number of ether oxygens (including phenoxy) is 1. The molecule has 2 aliphatic carbocycles. The third-order valence-corrected chi connectivity index (χ3v) is 3.01. The Hall–Kier alpha value is -0.110. The van der Waals surface area contributed by atoms with Crippen molar-refractivity contribution in [3.63, 3.8) is 0 Å². The Bertz CT molecular complexity index is 135. The van der Waals surface area contributed by atoms with Crippen LogP contribution >= 0.6 is 0 Å². The van der Waals surface area contributed by atoms with Crippen molar-refractivity contribution < 1.29 is 9.13 Å². The van der Waals surface area contributed by atoms with Gasteiger partial charge in [-0.2, -0.15) is 0 Å². The first-order valence-corrected chi connectivity index (χ1v) is 4.00. The van der Waals surface area contributed by atoms with Crippen molar-refractivity contribution in [3.05, 3.63) is 0 Å². The standard InChI is InChI=1S/C8H13FO/c1-10-8-6-3-2-5(4-6)7(8)9/h5-8H,2-4H2,1H3/t5-,6-,7+,8-/m0/s1. The number of hydrogen-bond donors (Lipinski definition) is 0. The lowest BCUT2D eigenvalue weighted by molar-refractivity contribution is -0.00235. The molecule has 0 saturated heterocycles. The highest BCUT2D eigenvalue weighted by Gasteiger charge is 2.48. The second-order valence-corrected chi connectivity index (χ2v) is 3.48. The van der Waals surface area contributed by atoms with Crippen LogP contribution in [0, 0.1) is 11.8 Å². The Kier molecular flexibility index (Phi) is 1.44. The molecule has 0 radical (unpaired) electrons. The van der Waals surface area contributed by atoms with Crippen LogP contribution in [0.3, 0.4) is 0 Å². The molecule has 4 atom stereocenters. The third-order valence-electron chi connectivity index (χ3n) is 3.01. The molecule has 58 valence electrons. The zero-order valence-corrected chi connectivity index (χ0v) is 6.22. The van der Waals surface area contributed by atoms with E-state index in [2.05, 4.69) is 0 Å². The van der Waals surface area contributed by atoms with Gasteiger partial charge in [-0.1, -0.05) is 0 Å². The van der Waals surface area contributed by atoms with Crippen molar-refractivity contribution in [2.75, 3.05) is 7.11 Å². The fourth-order valence-electron chi connectivity index (χ4n) is 2.49. The van der Waals surface area contributed by atoms with Crippen molar-refractivity contribution in [2.45, 2.75) is 31.5 Å². The van der Waals surface area contributed by atoms with Gasteiger partial charge in [0.15, 0.2) is 0 Å². The number of hydrogen-bond acceptors (Lipinski definition) is 1. The van der Waals surface area contributed by atoms with Gasteiger partial charge >= 0.3 is 0 Å². The van der Waals surface area contributed by atoms with E-state index in [0.717, 1.165) is 12.8 Å². The van der Waals surface area contributed by atoms with Gasteiger partial charge in [0.2, 0.25) is 0 Å². The first-order chi connectivity index (χ1) is 4.83. The minimum Gasteiger partial charge on any atom is -0.378 e. The Balaban J connectivity index is 2.10. The van der Waals surface area contributed by atoms with Crippen LogP contribution in [-0.2, 0) is 4.74 Å². The lowest BCUT2D eigenvalue weighted by Gasteiger charge is -2.23. The van der Waals surface area contributed by atoms with Gasteiger partial charge in [-0.15, -0.1) is 0 Å². The lowest BCUT2D eigenvalue weighted by atomic mass is 9.96. The van der Waals surface area contributed by atoms with Crippen molar-refractivity contribution in [2.24, 2.45) is 11.8 Å². The van der Waals surface area contributed by atoms with Crippen LogP contribution < -0.4 is 0 Å². The van der Waals surface area contributed by atoms with Gasteiger partial charge < -0.3 is 4.74 Å². The summed E-state index contributed by atoms with van der Waals surface area (Å²) >= 11 is 0. The summed E-state index contributed by atoms with van der Waals surface area (Å²) in [7, 11) is 1.62. The monoisotopic (exact) mass is 144 g/mol. The molecule has 2 aliphatic rings. The maximum absolute atomic E-state index is 13.2. The molecule has 0 spiro atoms. The Morgan fingerprint density at radius 1 is 1.30 bits per heavy atom. The minimum atomic E-state index is -0.663. The summed E-state index contributed by atoms with van der Waals surface area (Å²) in [5.41, 5.74) is 0. The third kappa shape index (κ3) is 0.715. The van der Waals surface area contributed by atoms with Crippen molar-refractivity contribution >= 4 is 0 Å². The zero-order chi connectivity index (χ0) is 7.14. The fraction of sp³-hybridized carbons (Fsp3) is 1.00. The largest absolute Gasteiger partial charge is 0.378 e. The molecule has 2 saturated carbocycles. The van der Waals surface area contributed by atoms with Crippen LogP contribution in [-0.4, -0.2) is 19.4 Å². The summed E-state index contributed by atoms with van der Waals surface area (Å²) in [6.07, 6.45) is 2.61. The minimum absolute atomic E-state index is 0.0706. The molecule has 10 heavy (non-hydrogen) atoms. The normalized spacial score (nSPS) is 52.2. The number of methoxy groups -OCH3 is 1. The summed E-state index contributed by atoms with van der Waals surface area (Å²) in [6, 6.07) is 0. The van der Waals surface area contributed by atoms with E-state index in [-0.39, 0.29) is 6.10 Å². The van der Waals surface area contributed by atoms with Crippen molar-refractivity contribution in [3.8, 4) is 0 Å². The van der Waals surface area contributed by atoms with Crippen LogP contribution in [0.25, 0.3) is 0 Å². The molecule has 2 heteroatoms. The van der Waals surface area contributed by atoms with Crippen molar-refractivity contribution in [1.29, 1.82) is 0 Å². The van der Waals surface area contributed by atoms with E-state index in [9.17, 15) is 4.39 Å². The Morgan fingerprint density at radius 3 is 2.40 bits per heavy atom. The molecule has 0 aromatic carbocycles. The van der Waals surface area contributed by atoms with E-state index < -0.39 is 6.17 Å². The summed E-state index contributed by atoms with van der Waals surface area (Å²) in [6.45, 7) is 0. The summed E-state index contributed by atoms with van der Waals surface area (Å²) < 4.78 is 18.2. The predicted octanol–water partition coefficient (Wildman–Crippen LogP) is 1.77. The van der Waals surface area contributed by atoms with Gasteiger partial charge in [0.1, 0.15) is 6.17 Å². The number of fused-ring (bicyclic) bond motifs is 2. The van der Waals surface area contributed by atoms with Gasteiger partial charge in [-0.05, 0) is 31.1 Å². The first kappa shape index (κ1) is 6.59. The topological polar surface area (TPSA) is 9.23 Å². The second kappa shape index (κ2) is 2.19. The second-order valence-electron chi connectivity index (χ2n) is 3.48. The van der Waals surface area contributed by atoms with E-state index in [1.165, 1.54) is 6.42 Å². The van der Waals surface area contributed by atoms with Crippen LogP contribution in [0.4, 0.5) is 4.39 Å². The van der Waals surface area contributed by atoms with Gasteiger partial charge in [-0.3, -0.25) is 0 Å². The maximum Gasteiger partial charge on any atom is 0.129 e. The van der Waals surface area contributed by atoms with Crippen LogP contribution in [0.1, 0.15) is 19.3 Å². The molecule has 0 N–H and O–H groups in total. The number of rotatable bonds is 1. The summed E-state index contributed by atoms with van der Waals surface area (Å²) in [4.78, 5) is 0. The van der Waals surface area contributed by atoms with Crippen LogP contribution in [0.2, 0.25) is 0 Å². The van der Waals surface area contributed by atoms with Gasteiger partial charge in [0, 0.05) is 7.11 Å². The highest BCUT2D eigenvalue weighted by Crippen LogP contribution is 2.47. The molecule has 0 unspecified atom stereocenters. The van der Waals surface area contributed by atoms with E-state index in [1.807, 2.05) is 0 Å². The summed E-state index contributed by atoms with van der Waals surface area (Å²) in [5, 5.41) is 0. The van der Waals surface area contributed by atoms with E-state index in [0.29, 0.717) is 11.8 Å². The molecule has 0 heterocycles. The predicted molar refractivity (Wildman–Crippen MR) is 36.5 cm³/mol. The molecule has 2 bridgehead atoms. The van der Waals surface area contributed by atoms with E-state index in [4.69, 9.17) is 4.74 Å². The van der Waals surface area contributed by atoms with Gasteiger partial charge in [-0.25, -0.2) is 4.39 Å². The SMILES string of the molecule is CO[C@H]1[C@H]2CC[C@@H](C2)[C@H]1F. The maximum atomic E-state index is 13.2. The molecular formula is C8H13FO. The van der Waals surface area contributed by atoms with Crippen LogP contribution in [0.5, 0.6) is 0 Å². The van der Waals surface area contributed by atoms with Gasteiger partial charge in [0.05, 0.1) is 6.10 Å². The zero-order valence-electron chi connectivity index (χ0n) is 6.22. The molecular weight excluding hydrogens is 131 g/mol. The molecule has 2 rings (SSSR count). The highest BCUT2D eigenvalue weighted by atomic mass is 19.1. The molecule has 0 aromatic rings. The quantitative estimate of drug-likeness (QED) is 0.545. The molecule has 0 aliphatic heterocycles.